The van der Waals surface area contributed by atoms with Crippen molar-refractivity contribution in [3.05, 3.63) is 23.9 Å². The van der Waals surface area contributed by atoms with E-state index < -0.39 is 0 Å². The maximum atomic E-state index is 11.7. The zero-order chi connectivity index (χ0) is 14.5. The number of nitrogens with zero attached hydrogens (tertiary/aromatic N) is 2. The molecule has 0 saturated heterocycles. The molecule has 0 aromatic carbocycles. The van der Waals surface area contributed by atoms with Crippen LogP contribution < -0.4 is 10.2 Å². The Morgan fingerprint density at radius 3 is 2.68 bits per heavy atom. The molecule has 1 aromatic rings. The summed E-state index contributed by atoms with van der Waals surface area (Å²) in [5.74, 6) is 1.47. The molecule has 5 heteroatoms. The molecule has 106 valence electrons. The van der Waals surface area contributed by atoms with Crippen LogP contribution in [-0.2, 0) is 11.3 Å². The van der Waals surface area contributed by atoms with Crippen molar-refractivity contribution in [2.75, 3.05) is 24.7 Å². The first kappa shape index (κ1) is 15.8. The van der Waals surface area contributed by atoms with Crippen LogP contribution in [0.25, 0.3) is 0 Å². The Bertz CT molecular complexity index is 427. The van der Waals surface area contributed by atoms with Crippen molar-refractivity contribution in [1.82, 2.24) is 10.3 Å². The largest absolute Gasteiger partial charge is 0.363 e. The minimum Gasteiger partial charge on any atom is -0.363 e. The molecule has 0 fully saturated rings. The molecule has 0 atom stereocenters. The molecule has 0 spiro atoms. The molecule has 0 radical (unpaired) electrons. The van der Waals surface area contributed by atoms with Crippen LogP contribution in [0.5, 0.6) is 0 Å². The predicted molar refractivity (Wildman–Crippen MR) is 82.6 cm³/mol. The van der Waals surface area contributed by atoms with Gasteiger partial charge in [0, 0.05) is 31.6 Å². The van der Waals surface area contributed by atoms with Gasteiger partial charge in [0.1, 0.15) is 5.82 Å². The fourth-order valence-electron chi connectivity index (χ4n) is 1.35. The van der Waals surface area contributed by atoms with Crippen LogP contribution in [0.1, 0.15) is 26.3 Å². The highest BCUT2D eigenvalue weighted by atomic mass is 32.2. The van der Waals surface area contributed by atoms with Gasteiger partial charge in [-0.1, -0.05) is 20.8 Å². The van der Waals surface area contributed by atoms with Crippen molar-refractivity contribution < 1.29 is 4.79 Å². The summed E-state index contributed by atoms with van der Waals surface area (Å²) < 4.78 is 0.117. The lowest BCUT2D eigenvalue weighted by molar-refractivity contribution is -0.118. The van der Waals surface area contributed by atoms with Crippen LogP contribution in [0.3, 0.4) is 0 Å². The zero-order valence-corrected chi connectivity index (χ0v) is 13.2. The van der Waals surface area contributed by atoms with E-state index in [0.717, 1.165) is 11.4 Å². The smallest absolute Gasteiger partial charge is 0.230 e. The lowest BCUT2D eigenvalue weighted by atomic mass is 10.2. The van der Waals surface area contributed by atoms with E-state index in [0.29, 0.717) is 12.3 Å². The van der Waals surface area contributed by atoms with Gasteiger partial charge in [-0.25, -0.2) is 4.98 Å². The predicted octanol–water partition coefficient (Wildman–Crippen LogP) is 2.30. The molecule has 0 aliphatic rings. The van der Waals surface area contributed by atoms with Crippen LogP contribution >= 0.6 is 11.8 Å². The molecule has 0 aliphatic heterocycles. The van der Waals surface area contributed by atoms with E-state index in [1.54, 1.807) is 18.0 Å². The summed E-state index contributed by atoms with van der Waals surface area (Å²) in [6.07, 6.45) is 1.76. The van der Waals surface area contributed by atoms with Gasteiger partial charge in [-0.05, 0) is 17.7 Å². The number of aromatic nitrogens is 1. The van der Waals surface area contributed by atoms with Crippen molar-refractivity contribution in [1.29, 1.82) is 0 Å². The summed E-state index contributed by atoms with van der Waals surface area (Å²) in [5, 5.41) is 2.93. The molecule has 1 heterocycles. The molecule has 1 amide bonds. The Morgan fingerprint density at radius 2 is 2.11 bits per heavy atom. The standard InChI is InChI=1S/C14H23N3OS/c1-14(2,3)19-10-13(18)16-9-11-6-7-15-12(8-11)17(4)5/h6-8H,9-10H2,1-5H3,(H,16,18). The number of hydrogen-bond acceptors (Lipinski definition) is 4. The second-order valence-electron chi connectivity index (χ2n) is 5.59. The minimum atomic E-state index is 0.0724. The third-order valence-electron chi connectivity index (χ3n) is 2.39. The third-order valence-corrected chi connectivity index (χ3v) is 3.67. The van der Waals surface area contributed by atoms with Gasteiger partial charge in [0.05, 0.1) is 5.75 Å². The highest BCUT2D eigenvalue weighted by molar-refractivity contribution is 8.01. The number of rotatable bonds is 5. The molecule has 0 saturated carbocycles. The van der Waals surface area contributed by atoms with Crippen molar-refractivity contribution in [3.63, 3.8) is 0 Å². The summed E-state index contributed by atoms with van der Waals surface area (Å²) in [6, 6.07) is 3.90. The summed E-state index contributed by atoms with van der Waals surface area (Å²) >= 11 is 1.65. The lowest BCUT2D eigenvalue weighted by Gasteiger charge is -2.17. The highest BCUT2D eigenvalue weighted by Crippen LogP contribution is 2.22. The average Bonchev–Trinajstić information content (AvgIpc) is 2.33. The number of anilines is 1. The fraction of sp³-hybridized carbons (Fsp3) is 0.571. The first-order valence-electron chi connectivity index (χ1n) is 6.31. The van der Waals surface area contributed by atoms with Gasteiger partial charge in [0.25, 0.3) is 0 Å². The SMILES string of the molecule is CN(C)c1cc(CNC(=O)CSC(C)(C)C)ccn1. The van der Waals surface area contributed by atoms with Crippen LogP contribution in [0.4, 0.5) is 5.82 Å². The molecule has 4 nitrogen and oxygen atoms in total. The van der Waals surface area contributed by atoms with Crippen molar-refractivity contribution in [2.45, 2.75) is 32.1 Å². The molecule has 19 heavy (non-hydrogen) atoms. The van der Waals surface area contributed by atoms with Crippen molar-refractivity contribution in [2.24, 2.45) is 0 Å². The minimum absolute atomic E-state index is 0.0724. The van der Waals surface area contributed by atoms with Crippen LogP contribution in [0, 0.1) is 0 Å². The molecular weight excluding hydrogens is 258 g/mol. The Labute approximate surface area is 120 Å². The normalized spacial score (nSPS) is 11.2. The molecule has 0 unspecified atom stereocenters. The second-order valence-corrected chi connectivity index (χ2v) is 7.40. The Morgan fingerprint density at radius 1 is 1.42 bits per heavy atom. The lowest BCUT2D eigenvalue weighted by Crippen LogP contribution is -2.26. The molecule has 1 aromatic heterocycles. The monoisotopic (exact) mass is 281 g/mol. The topological polar surface area (TPSA) is 45.2 Å². The maximum absolute atomic E-state index is 11.7. The molecule has 1 N–H and O–H groups in total. The van der Waals surface area contributed by atoms with E-state index in [1.807, 2.05) is 31.1 Å². The number of thioether (sulfide) groups is 1. The molecule has 1 rings (SSSR count). The molecule has 0 aliphatic carbocycles. The number of hydrogen-bond donors (Lipinski definition) is 1. The van der Waals surface area contributed by atoms with Crippen LogP contribution in [0.2, 0.25) is 0 Å². The van der Waals surface area contributed by atoms with E-state index >= 15 is 0 Å². The van der Waals surface area contributed by atoms with Gasteiger partial charge in [-0.2, -0.15) is 0 Å². The average molecular weight is 281 g/mol. The second kappa shape index (κ2) is 6.80. The van der Waals surface area contributed by atoms with Crippen LogP contribution in [-0.4, -0.2) is 35.5 Å². The molecular formula is C14H23N3OS. The van der Waals surface area contributed by atoms with Gasteiger partial charge in [-0.3, -0.25) is 4.79 Å². The van der Waals surface area contributed by atoms with Crippen molar-refractivity contribution in [3.8, 4) is 0 Å². The fourth-order valence-corrected chi connectivity index (χ4v) is 2.02. The van der Waals surface area contributed by atoms with Crippen LogP contribution in [0.15, 0.2) is 18.3 Å². The van der Waals surface area contributed by atoms with Gasteiger partial charge in [0.15, 0.2) is 0 Å². The highest BCUT2D eigenvalue weighted by Gasteiger charge is 2.13. The zero-order valence-electron chi connectivity index (χ0n) is 12.4. The first-order valence-corrected chi connectivity index (χ1v) is 7.29. The third kappa shape index (κ3) is 6.47. The van der Waals surface area contributed by atoms with Gasteiger partial charge >= 0.3 is 0 Å². The first-order chi connectivity index (χ1) is 8.78. The Kier molecular flexibility index (Phi) is 5.66. The van der Waals surface area contributed by atoms with Gasteiger partial charge in [0.2, 0.25) is 5.91 Å². The summed E-state index contributed by atoms with van der Waals surface area (Å²) in [4.78, 5) is 17.9. The summed E-state index contributed by atoms with van der Waals surface area (Å²) in [7, 11) is 3.90. The van der Waals surface area contributed by atoms with Crippen molar-refractivity contribution >= 4 is 23.5 Å². The Hall–Kier alpha value is -1.23. The quantitative estimate of drug-likeness (QED) is 0.899. The number of carbonyl (C=O) groups is 1. The van der Waals surface area contributed by atoms with Gasteiger partial charge < -0.3 is 10.2 Å². The Balaban J connectivity index is 2.44. The van der Waals surface area contributed by atoms with E-state index in [9.17, 15) is 4.79 Å². The number of amides is 1. The number of nitrogens with one attached hydrogen (secondary N) is 1. The summed E-state index contributed by atoms with van der Waals surface area (Å²) in [6.45, 7) is 6.87. The van der Waals surface area contributed by atoms with E-state index in [2.05, 4.69) is 31.1 Å². The summed E-state index contributed by atoms with van der Waals surface area (Å²) in [5.41, 5.74) is 1.06. The maximum Gasteiger partial charge on any atom is 0.230 e. The molecule has 0 bridgehead atoms. The van der Waals surface area contributed by atoms with E-state index in [-0.39, 0.29) is 10.7 Å². The number of pyridine rings is 1. The van der Waals surface area contributed by atoms with Gasteiger partial charge in [-0.15, -0.1) is 11.8 Å². The number of carbonyl (C=O) groups excluding carboxylic acids is 1. The van der Waals surface area contributed by atoms with E-state index in [4.69, 9.17) is 0 Å². The van der Waals surface area contributed by atoms with E-state index in [1.165, 1.54) is 0 Å².